The predicted molar refractivity (Wildman–Crippen MR) is 86.0 cm³/mol. The number of amides is 1. The summed E-state index contributed by atoms with van der Waals surface area (Å²) >= 11 is 3.17. The summed E-state index contributed by atoms with van der Waals surface area (Å²) in [6.07, 6.45) is 7.21. The summed E-state index contributed by atoms with van der Waals surface area (Å²) in [4.78, 5) is 23.3. The molecule has 0 radical (unpaired) electrons. The average Bonchev–Trinajstić information content (AvgIpc) is 2.91. The average molecular weight is 370 g/mol. The van der Waals surface area contributed by atoms with Crippen LogP contribution in [0.15, 0.2) is 27.3 Å². The van der Waals surface area contributed by atoms with Crippen molar-refractivity contribution in [2.24, 2.45) is 5.92 Å². The molecule has 2 unspecified atom stereocenters. The molecule has 2 atom stereocenters. The van der Waals surface area contributed by atoms with E-state index >= 15 is 0 Å². The summed E-state index contributed by atoms with van der Waals surface area (Å²) in [5.74, 6) is 0.190. The Hall–Kier alpha value is -1.56. The molecule has 1 amide bonds. The van der Waals surface area contributed by atoms with Crippen molar-refractivity contribution in [3.05, 3.63) is 28.6 Å². The minimum absolute atomic E-state index is 0.191. The monoisotopic (exact) mass is 369 g/mol. The number of esters is 1. The van der Waals surface area contributed by atoms with Crippen LogP contribution in [0.25, 0.3) is 6.08 Å². The molecule has 1 aliphatic rings. The van der Waals surface area contributed by atoms with Gasteiger partial charge in [0.25, 0.3) is 5.91 Å². The van der Waals surface area contributed by atoms with Crippen LogP contribution in [0.4, 0.5) is 0 Å². The molecule has 0 aliphatic heterocycles. The molecule has 0 saturated heterocycles. The Morgan fingerprint density at radius 3 is 2.86 bits per heavy atom. The van der Waals surface area contributed by atoms with Gasteiger partial charge in [-0.25, -0.2) is 4.79 Å². The van der Waals surface area contributed by atoms with Crippen molar-refractivity contribution in [2.45, 2.75) is 38.6 Å². The van der Waals surface area contributed by atoms with Crippen LogP contribution in [0.5, 0.6) is 0 Å². The van der Waals surface area contributed by atoms with E-state index in [0.29, 0.717) is 16.3 Å². The third-order valence-electron chi connectivity index (χ3n) is 3.78. The van der Waals surface area contributed by atoms with Crippen LogP contribution >= 0.6 is 15.9 Å². The molecular weight excluding hydrogens is 350 g/mol. The molecule has 1 aliphatic carbocycles. The van der Waals surface area contributed by atoms with E-state index in [4.69, 9.17) is 9.15 Å². The summed E-state index contributed by atoms with van der Waals surface area (Å²) in [7, 11) is 0. The summed E-state index contributed by atoms with van der Waals surface area (Å²) < 4.78 is 10.7. The number of carbonyl (C=O) groups excluding carboxylic acids is 2. The molecule has 1 aromatic rings. The van der Waals surface area contributed by atoms with Gasteiger partial charge in [-0.05, 0) is 52.9 Å². The summed E-state index contributed by atoms with van der Waals surface area (Å²) in [6, 6.07) is 3.63. The van der Waals surface area contributed by atoms with Crippen molar-refractivity contribution in [2.75, 3.05) is 6.61 Å². The molecule has 1 saturated carbocycles. The van der Waals surface area contributed by atoms with Crippen LogP contribution in [-0.4, -0.2) is 24.5 Å². The van der Waals surface area contributed by atoms with Gasteiger partial charge in [0.05, 0.1) is 0 Å². The minimum atomic E-state index is -0.570. The van der Waals surface area contributed by atoms with Gasteiger partial charge in [-0.15, -0.1) is 0 Å². The molecule has 6 heteroatoms. The van der Waals surface area contributed by atoms with Crippen molar-refractivity contribution >= 4 is 33.9 Å². The lowest BCUT2D eigenvalue weighted by Gasteiger charge is -2.29. The first-order chi connectivity index (χ1) is 10.5. The number of ether oxygens (including phenoxy) is 1. The number of rotatable bonds is 5. The Kier molecular flexibility index (Phi) is 6.24. The molecule has 0 spiro atoms. The maximum atomic E-state index is 11.8. The van der Waals surface area contributed by atoms with Crippen LogP contribution in [0, 0.1) is 5.92 Å². The second kappa shape index (κ2) is 8.17. The smallest absolute Gasteiger partial charge is 0.331 e. The highest BCUT2D eigenvalue weighted by atomic mass is 79.9. The first-order valence-electron chi connectivity index (χ1n) is 7.44. The van der Waals surface area contributed by atoms with Gasteiger partial charge in [-0.2, -0.15) is 0 Å². The maximum absolute atomic E-state index is 11.8. The van der Waals surface area contributed by atoms with Crippen molar-refractivity contribution in [1.82, 2.24) is 5.32 Å². The highest BCUT2D eigenvalue weighted by Gasteiger charge is 2.22. The van der Waals surface area contributed by atoms with Crippen LogP contribution < -0.4 is 5.32 Å². The zero-order chi connectivity index (χ0) is 15.9. The van der Waals surface area contributed by atoms with E-state index in [1.165, 1.54) is 18.6 Å². The summed E-state index contributed by atoms with van der Waals surface area (Å²) in [5.41, 5.74) is 0. The Morgan fingerprint density at radius 1 is 1.41 bits per heavy atom. The molecule has 2 rings (SSSR count). The second-order valence-electron chi connectivity index (χ2n) is 5.52. The van der Waals surface area contributed by atoms with Crippen LogP contribution in [-0.2, 0) is 14.3 Å². The number of nitrogens with one attached hydrogen (secondary N) is 1. The number of furan rings is 1. The number of hydrogen-bond acceptors (Lipinski definition) is 4. The Balaban J connectivity index is 1.71. The lowest BCUT2D eigenvalue weighted by atomic mass is 9.86. The van der Waals surface area contributed by atoms with E-state index in [-0.39, 0.29) is 18.6 Å². The Morgan fingerprint density at radius 2 is 2.18 bits per heavy atom. The highest BCUT2D eigenvalue weighted by molar-refractivity contribution is 9.10. The molecule has 0 bridgehead atoms. The van der Waals surface area contributed by atoms with Gasteiger partial charge in [0.15, 0.2) is 11.3 Å². The SMILES string of the molecule is CC1CCCCC1NC(=O)COC(=O)/C=C/c1ccc(Br)o1. The summed E-state index contributed by atoms with van der Waals surface area (Å²) in [6.45, 7) is 1.88. The fourth-order valence-corrected chi connectivity index (χ4v) is 2.85. The largest absolute Gasteiger partial charge is 0.452 e. The Labute approximate surface area is 138 Å². The van der Waals surface area contributed by atoms with Gasteiger partial charge in [0, 0.05) is 12.1 Å². The normalized spacial score (nSPS) is 21.7. The maximum Gasteiger partial charge on any atom is 0.331 e. The number of carbonyl (C=O) groups is 2. The van der Waals surface area contributed by atoms with Gasteiger partial charge in [-0.1, -0.05) is 19.8 Å². The third-order valence-corrected chi connectivity index (χ3v) is 4.21. The first-order valence-corrected chi connectivity index (χ1v) is 8.23. The molecule has 120 valence electrons. The lowest BCUT2D eigenvalue weighted by Crippen LogP contribution is -2.42. The molecule has 22 heavy (non-hydrogen) atoms. The minimum Gasteiger partial charge on any atom is -0.452 e. The zero-order valence-electron chi connectivity index (χ0n) is 12.5. The van der Waals surface area contributed by atoms with Gasteiger partial charge in [-0.3, -0.25) is 4.79 Å². The van der Waals surface area contributed by atoms with Gasteiger partial charge < -0.3 is 14.5 Å². The summed E-state index contributed by atoms with van der Waals surface area (Å²) in [5, 5.41) is 2.94. The van der Waals surface area contributed by atoms with Crippen molar-refractivity contribution in [1.29, 1.82) is 0 Å². The van der Waals surface area contributed by atoms with Gasteiger partial charge >= 0.3 is 5.97 Å². The second-order valence-corrected chi connectivity index (χ2v) is 6.30. The molecule has 1 aromatic heterocycles. The Bertz CT molecular complexity index is 552. The first kappa shape index (κ1) is 16.8. The molecule has 1 fully saturated rings. The van der Waals surface area contributed by atoms with Crippen LogP contribution in [0.3, 0.4) is 0 Å². The quantitative estimate of drug-likeness (QED) is 0.638. The number of hydrogen-bond donors (Lipinski definition) is 1. The van der Waals surface area contributed by atoms with Crippen molar-refractivity contribution < 1.29 is 18.7 Å². The van der Waals surface area contributed by atoms with E-state index in [1.807, 2.05) is 0 Å². The topological polar surface area (TPSA) is 68.5 Å². The fraction of sp³-hybridized carbons (Fsp3) is 0.500. The molecular formula is C16H20BrNO4. The van der Waals surface area contributed by atoms with E-state index in [9.17, 15) is 9.59 Å². The zero-order valence-corrected chi connectivity index (χ0v) is 14.1. The lowest BCUT2D eigenvalue weighted by molar-refractivity contribution is -0.144. The highest BCUT2D eigenvalue weighted by Crippen LogP contribution is 2.23. The fourth-order valence-electron chi connectivity index (χ4n) is 2.53. The predicted octanol–water partition coefficient (Wildman–Crippen LogP) is 3.29. The van der Waals surface area contributed by atoms with Crippen molar-refractivity contribution in [3.8, 4) is 0 Å². The van der Waals surface area contributed by atoms with Gasteiger partial charge in [0.2, 0.25) is 0 Å². The van der Waals surface area contributed by atoms with E-state index in [0.717, 1.165) is 19.3 Å². The molecule has 0 aromatic carbocycles. The molecule has 1 heterocycles. The molecule has 5 nitrogen and oxygen atoms in total. The molecule has 1 N–H and O–H groups in total. The van der Waals surface area contributed by atoms with Crippen LogP contribution in [0.1, 0.15) is 38.4 Å². The third kappa shape index (κ3) is 5.33. The number of halogens is 1. The van der Waals surface area contributed by atoms with Crippen LogP contribution in [0.2, 0.25) is 0 Å². The van der Waals surface area contributed by atoms with E-state index in [2.05, 4.69) is 28.2 Å². The standard InChI is InChI=1S/C16H20BrNO4/c1-11-4-2-3-5-13(11)18-15(19)10-21-16(20)9-7-12-6-8-14(17)22-12/h6-9,11,13H,2-5,10H2,1H3,(H,18,19)/b9-7+. The van der Waals surface area contributed by atoms with E-state index < -0.39 is 5.97 Å². The van der Waals surface area contributed by atoms with Crippen molar-refractivity contribution in [3.63, 3.8) is 0 Å². The van der Waals surface area contributed by atoms with Gasteiger partial charge in [0.1, 0.15) is 5.76 Å². The van der Waals surface area contributed by atoms with E-state index in [1.54, 1.807) is 12.1 Å².